The van der Waals surface area contributed by atoms with Gasteiger partial charge >= 0.3 is 0 Å². The second-order valence-corrected chi connectivity index (χ2v) is 12.1. The first kappa shape index (κ1) is 25.7. The Kier molecular flexibility index (Phi) is 5.32. The van der Waals surface area contributed by atoms with Gasteiger partial charge in [0.15, 0.2) is 0 Å². The lowest BCUT2D eigenvalue weighted by molar-refractivity contribution is 0.669. The van der Waals surface area contributed by atoms with E-state index in [2.05, 4.69) is 143 Å². The van der Waals surface area contributed by atoms with E-state index >= 15 is 0 Å². The molecule has 3 aromatic heterocycles. The topological polar surface area (TPSA) is 46.8 Å². The summed E-state index contributed by atoms with van der Waals surface area (Å²) in [6.07, 6.45) is 0. The number of para-hydroxylation sites is 4. The van der Waals surface area contributed by atoms with Crippen LogP contribution in [0.25, 0.3) is 88.1 Å². The molecule has 47 heavy (non-hydrogen) atoms. The number of furan rings is 1. The lowest BCUT2D eigenvalue weighted by atomic mass is 10.0. The highest BCUT2D eigenvalue weighted by atomic mass is 16.3. The van der Waals surface area contributed by atoms with E-state index < -0.39 is 0 Å². The first-order valence-electron chi connectivity index (χ1n) is 15.7. The Bertz CT molecular complexity index is 2860. The summed E-state index contributed by atoms with van der Waals surface area (Å²) in [7, 11) is 0. The van der Waals surface area contributed by atoms with Crippen molar-refractivity contribution in [1.29, 1.82) is 5.26 Å². The molecular formula is C43H25N3O. The highest BCUT2D eigenvalue weighted by molar-refractivity contribution is 6.17. The Morgan fingerprint density at radius 1 is 0.404 bits per heavy atom. The van der Waals surface area contributed by atoms with Gasteiger partial charge in [-0.1, -0.05) is 84.9 Å². The van der Waals surface area contributed by atoms with Gasteiger partial charge in [0.2, 0.25) is 0 Å². The third-order valence-electron chi connectivity index (χ3n) is 9.52. The zero-order valence-corrected chi connectivity index (χ0v) is 25.2. The molecule has 0 aliphatic carbocycles. The quantitative estimate of drug-likeness (QED) is 0.203. The molecule has 0 radical (unpaired) electrons. The highest BCUT2D eigenvalue weighted by Crippen LogP contribution is 2.39. The molecule has 4 nitrogen and oxygen atoms in total. The summed E-state index contributed by atoms with van der Waals surface area (Å²) >= 11 is 0. The van der Waals surface area contributed by atoms with Gasteiger partial charge in [0.25, 0.3) is 0 Å². The molecule has 4 heteroatoms. The third-order valence-corrected chi connectivity index (χ3v) is 9.52. The van der Waals surface area contributed by atoms with Crippen molar-refractivity contribution in [3.8, 4) is 28.6 Å². The van der Waals surface area contributed by atoms with E-state index in [9.17, 15) is 5.26 Å². The minimum absolute atomic E-state index is 0.626. The smallest absolute Gasteiger partial charge is 0.137 e. The lowest BCUT2D eigenvalue weighted by Crippen LogP contribution is -1.96. The second kappa shape index (κ2) is 9.71. The van der Waals surface area contributed by atoms with Crippen molar-refractivity contribution in [2.75, 3.05) is 0 Å². The summed E-state index contributed by atoms with van der Waals surface area (Å²) in [5, 5.41) is 17.1. The van der Waals surface area contributed by atoms with Gasteiger partial charge in [0.05, 0.1) is 33.7 Å². The standard InChI is InChI=1S/C43H25N3O/c44-26-27-21-29(23-31(22-27)46-38-13-5-1-9-32(38)33-10-2-6-14-39(33)46)28-17-19-30(20-18-28)45-40-15-7-3-11-34(40)36-24-37-35-12-4-8-16-42(35)47-43(37)25-41(36)45/h1-25H. The van der Waals surface area contributed by atoms with E-state index in [1.165, 1.54) is 21.5 Å². The van der Waals surface area contributed by atoms with E-state index in [4.69, 9.17) is 4.42 Å². The average molecular weight is 600 g/mol. The Balaban J connectivity index is 1.14. The van der Waals surface area contributed by atoms with E-state index in [-0.39, 0.29) is 0 Å². The van der Waals surface area contributed by atoms with Crippen LogP contribution < -0.4 is 0 Å². The van der Waals surface area contributed by atoms with Crippen LogP contribution in [-0.2, 0) is 0 Å². The maximum atomic E-state index is 10.1. The lowest BCUT2D eigenvalue weighted by Gasteiger charge is -2.13. The molecule has 7 aromatic carbocycles. The van der Waals surface area contributed by atoms with Gasteiger partial charge in [-0.25, -0.2) is 0 Å². The average Bonchev–Trinajstić information content (AvgIpc) is 3.78. The number of nitriles is 1. The maximum Gasteiger partial charge on any atom is 0.137 e. The maximum absolute atomic E-state index is 10.1. The predicted octanol–water partition coefficient (Wildman–Crippen LogP) is 11.3. The molecule has 10 rings (SSSR count). The fraction of sp³-hybridized carbons (Fsp3) is 0. The first-order valence-corrected chi connectivity index (χ1v) is 15.7. The van der Waals surface area contributed by atoms with Crippen LogP contribution in [0.2, 0.25) is 0 Å². The number of rotatable bonds is 3. The predicted molar refractivity (Wildman–Crippen MR) is 193 cm³/mol. The molecule has 0 saturated carbocycles. The number of hydrogen-bond donors (Lipinski definition) is 0. The minimum atomic E-state index is 0.626. The fourth-order valence-corrected chi connectivity index (χ4v) is 7.44. The Morgan fingerprint density at radius 2 is 0.979 bits per heavy atom. The minimum Gasteiger partial charge on any atom is -0.456 e. The molecule has 218 valence electrons. The van der Waals surface area contributed by atoms with Crippen LogP contribution in [0.1, 0.15) is 5.56 Å². The molecule has 0 saturated heterocycles. The Labute approximate surface area is 269 Å². The zero-order chi connectivity index (χ0) is 31.1. The monoisotopic (exact) mass is 599 g/mol. The highest BCUT2D eigenvalue weighted by Gasteiger charge is 2.17. The summed E-state index contributed by atoms with van der Waals surface area (Å²) in [6.45, 7) is 0. The van der Waals surface area contributed by atoms with Gasteiger partial charge in [0, 0.05) is 49.8 Å². The van der Waals surface area contributed by atoms with Crippen molar-refractivity contribution in [2.24, 2.45) is 0 Å². The number of aromatic nitrogens is 2. The Hall–Kier alpha value is -6.57. The molecule has 0 aliphatic heterocycles. The van der Waals surface area contributed by atoms with Gasteiger partial charge in [-0.05, 0) is 71.8 Å². The summed E-state index contributed by atoms with van der Waals surface area (Å²) in [4.78, 5) is 0. The van der Waals surface area contributed by atoms with E-state index in [0.717, 1.165) is 66.5 Å². The molecule has 3 heterocycles. The van der Waals surface area contributed by atoms with Crippen LogP contribution >= 0.6 is 0 Å². The number of hydrogen-bond acceptors (Lipinski definition) is 2. The molecule has 0 amide bonds. The van der Waals surface area contributed by atoms with Crippen molar-refractivity contribution in [1.82, 2.24) is 9.13 Å². The van der Waals surface area contributed by atoms with Crippen LogP contribution in [-0.4, -0.2) is 9.13 Å². The van der Waals surface area contributed by atoms with Crippen LogP contribution in [0.4, 0.5) is 0 Å². The summed E-state index contributed by atoms with van der Waals surface area (Å²) in [5.41, 5.74) is 11.0. The van der Waals surface area contributed by atoms with E-state index in [0.29, 0.717) is 5.56 Å². The van der Waals surface area contributed by atoms with Crippen LogP contribution in [0.3, 0.4) is 0 Å². The SMILES string of the molecule is N#Cc1cc(-c2ccc(-n3c4ccccc4c4cc5c(cc43)oc3ccccc35)cc2)cc(-n2c3ccccc3c3ccccc32)c1. The van der Waals surface area contributed by atoms with Crippen molar-refractivity contribution < 1.29 is 4.42 Å². The molecule has 10 aromatic rings. The van der Waals surface area contributed by atoms with Gasteiger partial charge in [0.1, 0.15) is 11.2 Å². The van der Waals surface area contributed by atoms with E-state index in [1.54, 1.807) is 0 Å². The van der Waals surface area contributed by atoms with Crippen LogP contribution in [0, 0.1) is 11.3 Å². The Morgan fingerprint density at radius 3 is 1.64 bits per heavy atom. The molecule has 0 unspecified atom stereocenters. The van der Waals surface area contributed by atoms with E-state index in [1.807, 2.05) is 24.3 Å². The zero-order valence-electron chi connectivity index (χ0n) is 25.2. The van der Waals surface area contributed by atoms with Crippen molar-refractivity contribution >= 4 is 65.6 Å². The molecule has 0 aliphatic rings. The summed E-state index contributed by atoms with van der Waals surface area (Å²) < 4.78 is 10.9. The van der Waals surface area contributed by atoms with Crippen molar-refractivity contribution in [3.05, 3.63) is 157 Å². The summed E-state index contributed by atoms with van der Waals surface area (Å²) in [5.74, 6) is 0. The number of benzene rings is 7. The normalized spacial score (nSPS) is 11.8. The third kappa shape index (κ3) is 3.75. The number of fused-ring (bicyclic) bond motifs is 9. The fourth-order valence-electron chi connectivity index (χ4n) is 7.44. The summed E-state index contributed by atoms with van der Waals surface area (Å²) in [6, 6.07) is 55.3. The number of nitrogens with zero attached hydrogens (tertiary/aromatic N) is 3. The molecule has 0 fully saturated rings. The van der Waals surface area contributed by atoms with Gasteiger partial charge < -0.3 is 13.6 Å². The van der Waals surface area contributed by atoms with Crippen LogP contribution in [0.15, 0.2) is 156 Å². The molecular weight excluding hydrogens is 574 g/mol. The molecule has 0 bridgehead atoms. The van der Waals surface area contributed by atoms with Crippen molar-refractivity contribution in [3.63, 3.8) is 0 Å². The largest absolute Gasteiger partial charge is 0.456 e. The molecule has 0 atom stereocenters. The van der Waals surface area contributed by atoms with Crippen molar-refractivity contribution in [2.45, 2.75) is 0 Å². The molecule has 0 spiro atoms. The van der Waals surface area contributed by atoms with Gasteiger partial charge in [-0.15, -0.1) is 0 Å². The second-order valence-electron chi connectivity index (χ2n) is 12.1. The first-order chi connectivity index (χ1) is 23.2. The van der Waals surface area contributed by atoms with Gasteiger partial charge in [-0.3, -0.25) is 0 Å². The van der Waals surface area contributed by atoms with Crippen LogP contribution in [0.5, 0.6) is 0 Å². The van der Waals surface area contributed by atoms with Gasteiger partial charge in [-0.2, -0.15) is 5.26 Å². The molecule has 0 N–H and O–H groups in total.